The summed E-state index contributed by atoms with van der Waals surface area (Å²) in [6.07, 6.45) is 2.79. The van der Waals surface area contributed by atoms with E-state index in [1.165, 1.54) is 19.2 Å². The van der Waals surface area contributed by atoms with Crippen LogP contribution in [0.5, 0.6) is 5.75 Å². The van der Waals surface area contributed by atoms with Gasteiger partial charge in [0.15, 0.2) is 0 Å². The molecule has 0 aliphatic heterocycles. The third-order valence-corrected chi connectivity index (χ3v) is 6.67. The number of sulfonamides is 1. The molecule has 1 aliphatic rings. The number of nitrogens with one attached hydrogen (secondary N) is 1. The lowest BCUT2D eigenvalue weighted by molar-refractivity contribution is -0.133. The average molecular weight is 446 g/mol. The van der Waals surface area contributed by atoms with Crippen molar-refractivity contribution in [1.29, 1.82) is 0 Å². The molecule has 0 heterocycles. The summed E-state index contributed by atoms with van der Waals surface area (Å²) in [6, 6.07) is 11.7. The zero-order valence-corrected chi connectivity index (χ0v) is 19.4. The lowest BCUT2D eigenvalue weighted by Crippen LogP contribution is -2.33. The van der Waals surface area contributed by atoms with Crippen LogP contribution in [0.25, 0.3) is 0 Å². The van der Waals surface area contributed by atoms with E-state index in [0.717, 1.165) is 30.5 Å². The first-order chi connectivity index (χ1) is 14.7. The van der Waals surface area contributed by atoms with Gasteiger partial charge in [0, 0.05) is 44.5 Å². The summed E-state index contributed by atoms with van der Waals surface area (Å²) in [7, 11) is 1.66. The van der Waals surface area contributed by atoms with Gasteiger partial charge >= 0.3 is 0 Å². The van der Waals surface area contributed by atoms with Crippen molar-refractivity contribution in [2.45, 2.75) is 37.6 Å². The molecule has 2 aromatic rings. The van der Waals surface area contributed by atoms with Gasteiger partial charge in [0.2, 0.25) is 5.91 Å². The normalized spacial score (nSPS) is 13.5. The maximum absolute atomic E-state index is 12.8. The van der Waals surface area contributed by atoms with Gasteiger partial charge in [-0.25, -0.2) is 8.42 Å². The Morgan fingerprint density at radius 1 is 1.13 bits per heavy atom. The molecule has 0 spiro atoms. The predicted octanol–water partition coefficient (Wildman–Crippen LogP) is 3.71. The quantitative estimate of drug-likeness (QED) is 0.603. The fraction of sp³-hybridized carbons (Fsp3) is 0.435. The summed E-state index contributed by atoms with van der Waals surface area (Å²) in [5.41, 5.74) is 2.33. The lowest BCUT2D eigenvalue weighted by Gasteiger charge is -2.26. The number of ether oxygens (including phenoxy) is 1. The fourth-order valence-electron chi connectivity index (χ4n) is 3.51. The van der Waals surface area contributed by atoms with E-state index >= 15 is 0 Å². The summed E-state index contributed by atoms with van der Waals surface area (Å²) in [4.78, 5) is 16.7. The molecule has 0 unspecified atom stereocenters. The minimum atomic E-state index is -3.75. The van der Waals surface area contributed by atoms with Crippen LogP contribution < -0.4 is 14.4 Å². The van der Waals surface area contributed by atoms with E-state index in [0.29, 0.717) is 24.5 Å². The van der Waals surface area contributed by atoms with Crippen molar-refractivity contribution < 1.29 is 17.9 Å². The number of anilines is 2. The van der Waals surface area contributed by atoms with Crippen LogP contribution in [0.15, 0.2) is 47.4 Å². The maximum atomic E-state index is 12.8. The second kappa shape index (κ2) is 9.60. The Balaban J connectivity index is 1.87. The topological polar surface area (TPSA) is 79.0 Å². The van der Waals surface area contributed by atoms with E-state index in [2.05, 4.69) is 11.6 Å². The number of benzene rings is 2. The Kier molecular flexibility index (Phi) is 7.10. The summed E-state index contributed by atoms with van der Waals surface area (Å²) >= 11 is 0. The molecule has 1 N–H and O–H groups in total. The number of methoxy groups -OCH3 is 1. The first-order valence-electron chi connectivity index (χ1n) is 10.5. The van der Waals surface area contributed by atoms with Gasteiger partial charge in [-0.3, -0.25) is 9.52 Å². The van der Waals surface area contributed by atoms with E-state index < -0.39 is 10.0 Å². The van der Waals surface area contributed by atoms with E-state index in [9.17, 15) is 13.2 Å². The molecular formula is C23H31N3O4S. The number of carbonyl (C=O) groups excluding carboxylic acids is 1. The minimum Gasteiger partial charge on any atom is -0.497 e. The van der Waals surface area contributed by atoms with E-state index in [4.69, 9.17) is 4.74 Å². The van der Waals surface area contributed by atoms with Crippen molar-refractivity contribution in [3.05, 3.63) is 48.0 Å². The second-order valence-electron chi connectivity index (χ2n) is 8.05. The Bertz CT molecular complexity index is 1020. The van der Waals surface area contributed by atoms with Crippen LogP contribution in [0, 0.1) is 5.92 Å². The standard InChI is InChI=1S/C23H31N3O4S/c1-5-14-26(23(27)17-6-7-17)16-18-15-19(8-13-22(18)25(2)3)24-31(28,29)21-11-9-20(30-4)10-12-21/h8-13,15,17,24H,5-7,14,16H2,1-4H3. The SMILES string of the molecule is CCCN(Cc1cc(NS(=O)(=O)c2ccc(OC)cc2)ccc1N(C)C)C(=O)C1CC1. The Hall–Kier alpha value is -2.74. The van der Waals surface area contributed by atoms with Crippen molar-refractivity contribution in [3.63, 3.8) is 0 Å². The summed E-state index contributed by atoms with van der Waals surface area (Å²) < 4.78 is 33.4. The molecule has 168 valence electrons. The monoisotopic (exact) mass is 445 g/mol. The molecule has 0 saturated heterocycles. The minimum absolute atomic E-state index is 0.145. The van der Waals surface area contributed by atoms with Gasteiger partial charge in [0.25, 0.3) is 10.0 Å². The van der Waals surface area contributed by atoms with Crippen LogP contribution in [0.1, 0.15) is 31.7 Å². The van der Waals surface area contributed by atoms with Crippen LogP contribution in [-0.4, -0.2) is 47.0 Å². The molecule has 3 rings (SSSR count). The molecule has 8 heteroatoms. The lowest BCUT2D eigenvalue weighted by atomic mass is 10.1. The molecule has 0 bridgehead atoms. The van der Waals surface area contributed by atoms with Crippen LogP contribution in [0.2, 0.25) is 0 Å². The van der Waals surface area contributed by atoms with Gasteiger partial charge in [-0.15, -0.1) is 0 Å². The Labute approximate surface area is 185 Å². The van der Waals surface area contributed by atoms with Gasteiger partial charge in [-0.05, 0) is 67.3 Å². The maximum Gasteiger partial charge on any atom is 0.261 e. The van der Waals surface area contributed by atoms with Gasteiger partial charge in [0.1, 0.15) is 5.75 Å². The Morgan fingerprint density at radius 2 is 1.81 bits per heavy atom. The molecular weight excluding hydrogens is 414 g/mol. The molecule has 1 aliphatic carbocycles. The van der Waals surface area contributed by atoms with E-state index in [1.807, 2.05) is 36.0 Å². The molecule has 7 nitrogen and oxygen atoms in total. The molecule has 0 atom stereocenters. The molecule has 1 saturated carbocycles. The van der Waals surface area contributed by atoms with Gasteiger partial charge in [-0.1, -0.05) is 6.92 Å². The fourth-order valence-corrected chi connectivity index (χ4v) is 4.56. The number of hydrogen-bond acceptors (Lipinski definition) is 5. The van der Waals surface area contributed by atoms with Gasteiger partial charge in [0.05, 0.1) is 12.0 Å². The zero-order chi connectivity index (χ0) is 22.6. The molecule has 1 amide bonds. The highest BCUT2D eigenvalue weighted by Crippen LogP contribution is 2.33. The summed E-state index contributed by atoms with van der Waals surface area (Å²) in [6.45, 7) is 3.19. The highest BCUT2D eigenvalue weighted by atomic mass is 32.2. The summed E-state index contributed by atoms with van der Waals surface area (Å²) in [5.74, 6) is 0.926. The van der Waals surface area contributed by atoms with Crippen LogP contribution in [0.3, 0.4) is 0 Å². The zero-order valence-electron chi connectivity index (χ0n) is 18.6. The first kappa shape index (κ1) is 22.9. The van der Waals surface area contributed by atoms with Gasteiger partial charge in [-0.2, -0.15) is 0 Å². The van der Waals surface area contributed by atoms with Crippen LogP contribution in [0.4, 0.5) is 11.4 Å². The highest BCUT2D eigenvalue weighted by Gasteiger charge is 2.33. The second-order valence-corrected chi connectivity index (χ2v) is 9.74. The van der Waals surface area contributed by atoms with Crippen molar-refractivity contribution in [1.82, 2.24) is 4.90 Å². The highest BCUT2D eigenvalue weighted by molar-refractivity contribution is 7.92. The average Bonchev–Trinajstić information content (AvgIpc) is 3.58. The largest absolute Gasteiger partial charge is 0.497 e. The third-order valence-electron chi connectivity index (χ3n) is 5.28. The summed E-state index contributed by atoms with van der Waals surface area (Å²) in [5, 5.41) is 0. The number of amides is 1. The van der Waals surface area contributed by atoms with Crippen LogP contribution in [-0.2, 0) is 21.4 Å². The van der Waals surface area contributed by atoms with E-state index in [-0.39, 0.29) is 16.7 Å². The van der Waals surface area contributed by atoms with Crippen molar-refractivity contribution >= 4 is 27.3 Å². The molecule has 1 fully saturated rings. The predicted molar refractivity (Wildman–Crippen MR) is 123 cm³/mol. The number of hydrogen-bond donors (Lipinski definition) is 1. The van der Waals surface area contributed by atoms with E-state index in [1.54, 1.807) is 18.2 Å². The number of rotatable bonds is 10. The smallest absolute Gasteiger partial charge is 0.261 e. The third kappa shape index (κ3) is 5.70. The number of nitrogens with zero attached hydrogens (tertiary/aromatic N) is 2. The molecule has 0 radical (unpaired) electrons. The van der Waals surface area contributed by atoms with Crippen molar-refractivity contribution in [3.8, 4) is 5.75 Å². The molecule has 2 aromatic carbocycles. The Morgan fingerprint density at radius 3 is 2.35 bits per heavy atom. The van der Waals surface area contributed by atoms with Gasteiger partial charge < -0.3 is 14.5 Å². The first-order valence-corrected chi connectivity index (χ1v) is 12.0. The molecule has 0 aromatic heterocycles. The molecule has 31 heavy (non-hydrogen) atoms. The van der Waals surface area contributed by atoms with Crippen molar-refractivity contribution in [2.24, 2.45) is 5.92 Å². The number of carbonyl (C=O) groups is 1. The van der Waals surface area contributed by atoms with Crippen molar-refractivity contribution in [2.75, 3.05) is 37.4 Å². The van der Waals surface area contributed by atoms with Crippen LogP contribution >= 0.6 is 0 Å².